The van der Waals surface area contributed by atoms with Crippen molar-refractivity contribution in [2.24, 2.45) is 0 Å². The van der Waals surface area contributed by atoms with Crippen molar-refractivity contribution < 1.29 is 40.2 Å². The molecule has 0 fully saturated rings. The van der Waals surface area contributed by atoms with Gasteiger partial charge in [0.2, 0.25) is 0 Å². The fraction of sp³-hybridized carbons (Fsp3) is 0.0741. The van der Waals surface area contributed by atoms with Crippen LogP contribution in [0, 0.1) is 0 Å². The van der Waals surface area contributed by atoms with E-state index in [-0.39, 0.29) is 20.4 Å². The van der Waals surface area contributed by atoms with Crippen molar-refractivity contribution in [1.82, 2.24) is 4.98 Å². The number of para-hydroxylation sites is 3. The van der Waals surface area contributed by atoms with Crippen molar-refractivity contribution in [3.63, 3.8) is 0 Å². The summed E-state index contributed by atoms with van der Waals surface area (Å²) < 4.78 is 1.07. The van der Waals surface area contributed by atoms with Crippen LogP contribution in [0.15, 0.2) is 120 Å². The van der Waals surface area contributed by atoms with E-state index in [1.807, 2.05) is 103 Å². The molecule has 7 nitrogen and oxygen atoms in total. The second-order valence-electron chi connectivity index (χ2n) is 6.47. The molecule has 0 aliphatic rings. The number of carboxylic acid groups (broad SMARTS) is 2. The molecule has 1 heterocycles. The van der Waals surface area contributed by atoms with Crippen molar-refractivity contribution in [2.45, 2.75) is 13.8 Å². The summed E-state index contributed by atoms with van der Waals surface area (Å²) in [4.78, 5) is 21.8. The molecule has 0 aliphatic carbocycles. The molecule has 36 heavy (non-hydrogen) atoms. The Morgan fingerprint density at radius 2 is 1.00 bits per heavy atom. The van der Waals surface area contributed by atoms with Gasteiger partial charge in [0.15, 0.2) is 0 Å². The zero-order chi connectivity index (χ0) is 26.3. The second-order valence-corrected chi connectivity index (χ2v) is 7.39. The summed E-state index contributed by atoms with van der Waals surface area (Å²) in [5.41, 5.74) is 8.42. The number of rotatable bonds is 2. The fourth-order valence-corrected chi connectivity index (χ4v) is 2.23. The SMILES string of the molecule is Brc1ccncc1.CC(=O)O.CC(=O)O.Nc1ccccc1.[Pd].c1ccc(Nc2ccccc2)cc1. The molecular weight excluding hydrogens is 617 g/mol. The first-order valence-corrected chi connectivity index (χ1v) is 11.1. The zero-order valence-corrected chi connectivity index (χ0v) is 23.0. The van der Waals surface area contributed by atoms with Gasteiger partial charge in [0.05, 0.1) is 0 Å². The van der Waals surface area contributed by atoms with Gasteiger partial charge in [-0.3, -0.25) is 14.6 Å². The molecule has 0 unspecified atom stereocenters. The predicted molar refractivity (Wildman–Crippen MR) is 146 cm³/mol. The quantitative estimate of drug-likeness (QED) is 0.141. The smallest absolute Gasteiger partial charge is 0.300 e. The van der Waals surface area contributed by atoms with Crippen LogP contribution in [0.2, 0.25) is 0 Å². The molecule has 0 atom stereocenters. The number of nitrogens with zero attached hydrogens (tertiary/aromatic N) is 1. The number of hydrogen-bond acceptors (Lipinski definition) is 5. The van der Waals surface area contributed by atoms with Crippen LogP contribution in [0.4, 0.5) is 17.1 Å². The number of carbonyl (C=O) groups is 2. The molecule has 1 aromatic heterocycles. The number of pyridine rings is 1. The maximum atomic E-state index is 9.00. The van der Waals surface area contributed by atoms with Crippen molar-refractivity contribution in [3.05, 3.63) is 120 Å². The molecule has 0 spiro atoms. The molecule has 0 bridgehead atoms. The average molecular weight is 647 g/mol. The number of nitrogen functional groups attached to an aromatic ring is 1. The Morgan fingerprint density at radius 3 is 1.22 bits per heavy atom. The van der Waals surface area contributed by atoms with Crippen LogP contribution in [-0.4, -0.2) is 27.1 Å². The molecule has 0 radical (unpaired) electrons. The number of carboxylic acids is 2. The minimum absolute atomic E-state index is 0. The van der Waals surface area contributed by atoms with E-state index < -0.39 is 11.9 Å². The third kappa shape index (κ3) is 25.1. The monoisotopic (exact) mass is 645 g/mol. The van der Waals surface area contributed by atoms with E-state index in [0.29, 0.717) is 0 Å². The van der Waals surface area contributed by atoms with Gasteiger partial charge in [-0.1, -0.05) is 70.5 Å². The topological polar surface area (TPSA) is 126 Å². The van der Waals surface area contributed by atoms with Crippen LogP contribution < -0.4 is 11.1 Å². The Morgan fingerprint density at radius 1 is 0.694 bits per heavy atom. The number of nitrogens with two attached hydrogens (primary N) is 1. The summed E-state index contributed by atoms with van der Waals surface area (Å²) in [5.74, 6) is -1.67. The fourth-order valence-electron chi connectivity index (χ4n) is 2.00. The van der Waals surface area contributed by atoms with Gasteiger partial charge in [-0.25, -0.2) is 0 Å². The third-order valence-electron chi connectivity index (χ3n) is 3.28. The van der Waals surface area contributed by atoms with Crippen molar-refractivity contribution in [3.8, 4) is 0 Å². The van der Waals surface area contributed by atoms with Crippen molar-refractivity contribution in [2.75, 3.05) is 11.1 Å². The van der Waals surface area contributed by atoms with Gasteiger partial charge in [0.1, 0.15) is 0 Å². The zero-order valence-electron chi connectivity index (χ0n) is 19.9. The van der Waals surface area contributed by atoms with Crippen LogP contribution in [0.3, 0.4) is 0 Å². The molecule has 5 N–H and O–H groups in total. The van der Waals surface area contributed by atoms with Gasteiger partial charge >= 0.3 is 0 Å². The van der Waals surface area contributed by atoms with Crippen LogP contribution in [-0.2, 0) is 30.0 Å². The number of aromatic nitrogens is 1. The predicted octanol–water partition coefficient (Wildman–Crippen LogP) is 6.72. The van der Waals surface area contributed by atoms with E-state index in [9.17, 15) is 0 Å². The number of nitrogens with one attached hydrogen (secondary N) is 1. The van der Waals surface area contributed by atoms with Gasteiger partial charge in [-0.2, -0.15) is 0 Å². The summed E-state index contributed by atoms with van der Waals surface area (Å²) in [7, 11) is 0. The van der Waals surface area contributed by atoms with Gasteiger partial charge in [-0.05, 0) is 48.5 Å². The standard InChI is InChI=1S/C12H11N.C6H7N.C5H4BrN.2C2H4O2.Pd/c1-3-7-11(8-4-1)13-12-9-5-2-6-10-12;7-6-4-2-1-3-5-6;6-5-1-3-7-4-2-5;2*1-2(3)4;/h1-10,13H;1-5H,7H2;1-4H;2*1H3,(H,3,4);. The second kappa shape index (κ2) is 23.2. The molecular formula is C27H30BrN3O4Pd. The van der Waals surface area contributed by atoms with Gasteiger partial charge in [0, 0.05) is 68.2 Å². The van der Waals surface area contributed by atoms with Crippen LogP contribution in [0.1, 0.15) is 13.8 Å². The van der Waals surface area contributed by atoms with E-state index >= 15 is 0 Å². The first kappa shape index (κ1) is 34.7. The molecule has 9 heteroatoms. The Hall–Kier alpha value is -3.51. The van der Waals surface area contributed by atoms with Gasteiger partial charge < -0.3 is 21.3 Å². The molecule has 0 saturated carbocycles. The first-order chi connectivity index (χ1) is 16.7. The Kier molecular flexibility index (Phi) is 22.4. The summed E-state index contributed by atoms with van der Waals surface area (Å²) in [6, 6.07) is 33.6. The number of hydrogen-bond donors (Lipinski definition) is 4. The Bertz CT molecular complexity index is 964. The first-order valence-electron chi connectivity index (χ1n) is 10.3. The van der Waals surface area contributed by atoms with Gasteiger partial charge in [-0.15, -0.1) is 0 Å². The largest absolute Gasteiger partial charge is 0.481 e. The molecule has 0 amide bonds. The molecule has 4 rings (SSSR count). The molecule has 0 aliphatic heterocycles. The minimum atomic E-state index is -0.833. The van der Waals surface area contributed by atoms with E-state index in [2.05, 4.69) is 26.2 Å². The summed E-state index contributed by atoms with van der Waals surface area (Å²) in [6.07, 6.45) is 3.48. The van der Waals surface area contributed by atoms with Crippen LogP contribution in [0.25, 0.3) is 0 Å². The Balaban J connectivity index is 0. The number of halogens is 1. The molecule has 194 valence electrons. The van der Waals surface area contributed by atoms with E-state index in [1.165, 1.54) is 0 Å². The molecule has 3 aromatic carbocycles. The summed E-state index contributed by atoms with van der Waals surface area (Å²) >= 11 is 3.27. The summed E-state index contributed by atoms with van der Waals surface area (Å²) in [5, 5.41) is 18.1. The van der Waals surface area contributed by atoms with E-state index in [0.717, 1.165) is 35.4 Å². The molecule has 0 saturated heterocycles. The van der Waals surface area contributed by atoms with Crippen molar-refractivity contribution >= 4 is 44.9 Å². The third-order valence-corrected chi connectivity index (χ3v) is 3.80. The van der Waals surface area contributed by atoms with Crippen molar-refractivity contribution in [1.29, 1.82) is 0 Å². The normalized spacial score (nSPS) is 8.19. The van der Waals surface area contributed by atoms with E-state index in [4.69, 9.17) is 25.5 Å². The van der Waals surface area contributed by atoms with Crippen LogP contribution in [0.5, 0.6) is 0 Å². The Labute approximate surface area is 234 Å². The maximum absolute atomic E-state index is 9.00. The summed E-state index contributed by atoms with van der Waals surface area (Å²) in [6.45, 7) is 2.17. The average Bonchev–Trinajstić information content (AvgIpc) is 2.82. The van der Waals surface area contributed by atoms with Gasteiger partial charge in [0.25, 0.3) is 11.9 Å². The van der Waals surface area contributed by atoms with Crippen LogP contribution >= 0.6 is 15.9 Å². The number of anilines is 3. The van der Waals surface area contributed by atoms with E-state index in [1.54, 1.807) is 12.4 Å². The minimum Gasteiger partial charge on any atom is -0.481 e. The number of aliphatic carboxylic acids is 2. The number of benzene rings is 3. The molecule has 4 aromatic rings. The maximum Gasteiger partial charge on any atom is 0.300 e.